The number of halogens is 1. The van der Waals surface area contributed by atoms with Crippen LogP contribution in [-0.2, 0) is 0 Å². The number of rotatable bonds is 3. The molecular formula is C13H12ClN3O. The average molecular weight is 262 g/mol. The number of nitrogens with two attached hydrogens (primary N) is 1. The van der Waals surface area contributed by atoms with E-state index in [-0.39, 0.29) is 5.84 Å². The number of nitrogens with zero attached hydrogens (tertiary/aromatic N) is 1. The van der Waals surface area contributed by atoms with Crippen molar-refractivity contribution >= 4 is 17.4 Å². The average Bonchev–Trinajstić information content (AvgIpc) is 2.33. The lowest BCUT2D eigenvalue weighted by molar-refractivity contribution is 0.482. The van der Waals surface area contributed by atoms with Crippen LogP contribution in [0.5, 0.6) is 11.5 Å². The van der Waals surface area contributed by atoms with Crippen molar-refractivity contribution < 1.29 is 4.74 Å². The standard InChI is InChI=1S/C13H12ClN3O/c1-8-2-3-12(10(14)6-8)18-9-4-5-17-11(7-9)13(15)16/h2-7H,1H3,(H3,15,16). The Morgan fingerprint density at radius 2 is 2.11 bits per heavy atom. The fourth-order valence-electron chi connectivity index (χ4n) is 1.44. The van der Waals surface area contributed by atoms with E-state index in [0.29, 0.717) is 22.2 Å². The van der Waals surface area contributed by atoms with Crippen molar-refractivity contribution in [2.45, 2.75) is 6.92 Å². The second-order valence-corrected chi connectivity index (χ2v) is 4.23. The third-order valence-electron chi connectivity index (χ3n) is 2.32. The van der Waals surface area contributed by atoms with Gasteiger partial charge in [0.15, 0.2) is 0 Å². The van der Waals surface area contributed by atoms with Crippen LogP contribution in [-0.4, -0.2) is 10.8 Å². The van der Waals surface area contributed by atoms with Gasteiger partial charge in [-0.05, 0) is 30.7 Å². The first-order valence-electron chi connectivity index (χ1n) is 5.31. The third-order valence-corrected chi connectivity index (χ3v) is 2.62. The molecule has 0 atom stereocenters. The quantitative estimate of drug-likeness (QED) is 0.659. The minimum atomic E-state index is -0.101. The minimum Gasteiger partial charge on any atom is -0.456 e. The molecule has 92 valence electrons. The summed E-state index contributed by atoms with van der Waals surface area (Å²) in [5.41, 5.74) is 6.80. The Labute approximate surface area is 110 Å². The number of benzene rings is 1. The largest absolute Gasteiger partial charge is 0.456 e. The van der Waals surface area contributed by atoms with Gasteiger partial charge in [-0.2, -0.15) is 0 Å². The molecule has 5 heteroatoms. The van der Waals surface area contributed by atoms with E-state index in [9.17, 15) is 0 Å². The molecule has 2 aromatic rings. The number of hydrogen-bond acceptors (Lipinski definition) is 3. The van der Waals surface area contributed by atoms with Crippen LogP contribution in [0.15, 0.2) is 36.5 Å². The summed E-state index contributed by atoms with van der Waals surface area (Å²) >= 11 is 6.07. The summed E-state index contributed by atoms with van der Waals surface area (Å²) in [7, 11) is 0. The smallest absolute Gasteiger partial charge is 0.146 e. The van der Waals surface area contributed by atoms with Crippen LogP contribution in [0.2, 0.25) is 5.02 Å². The number of aryl methyl sites for hydroxylation is 1. The van der Waals surface area contributed by atoms with Crippen LogP contribution < -0.4 is 10.5 Å². The molecule has 1 aromatic carbocycles. The number of ether oxygens (including phenoxy) is 1. The van der Waals surface area contributed by atoms with E-state index >= 15 is 0 Å². The predicted octanol–water partition coefficient (Wildman–Crippen LogP) is 3.12. The Bertz CT molecular complexity index is 599. The Morgan fingerprint density at radius 1 is 1.33 bits per heavy atom. The SMILES string of the molecule is Cc1ccc(Oc2ccnc(C(=N)N)c2)c(Cl)c1. The first-order chi connectivity index (χ1) is 8.56. The van der Waals surface area contributed by atoms with Crippen LogP contribution >= 0.6 is 11.6 Å². The molecule has 0 unspecified atom stereocenters. The molecule has 0 bridgehead atoms. The fraction of sp³-hybridized carbons (Fsp3) is 0.0769. The summed E-state index contributed by atoms with van der Waals surface area (Å²) in [5.74, 6) is 0.999. The third kappa shape index (κ3) is 2.78. The van der Waals surface area contributed by atoms with Crippen molar-refractivity contribution in [1.29, 1.82) is 5.41 Å². The van der Waals surface area contributed by atoms with Crippen molar-refractivity contribution in [3.05, 3.63) is 52.8 Å². The maximum Gasteiger partial charge on any atom is 0.146 e. The molecule has 1 aromatic heterocycles. The van der Waals surface area contributed by atoms with Crippen molar-refractivity contribution in [1.82, 2.24) is 4.98 Å². The normalized spacial score (nSPS) is 10.1. The van der Waals surface area contributed by atoms with Gasteiger partial charge in [0.05, 0.1) is 5.02 Å². The molecule has 0 saturated carbocycles. The zero-order valence-corrected chi connectivity index (χ0v) is 10.5. The summed E-state index contributed by atoms with van der Waals surface area (Å²) < 4.78 is 5.63. The first kappa shape index (κ1) is 12.4. The van der Waals surface area contributed by atoms with Gasteiger partial charge in [0.25, 0.3) is 0 Å². The van der Waals surface area contributed by atoms with Crippen LogP contribution in [0.4, 0.5) is 0 Å². The fourth-order valence-corrected chi connectivity index (χ4v) is 1.71. The molecule has 0 amide bonds. The van der Waals surface area contributed by atoms with E-state index in [2.05, 4.69) is 4.98 Å². The molecular weight excluding hydrogens is 250 g/mol. The first-order valence-corrected chi connectivity index (χ1v) is 5.68. The van der Waals surface area contributed by atoms with E-state index in [1.165, 1.54) is 6.20 Å². The highest BCUT2D eigenvalue weighted by atomic mass is 35.5. The van der Waals surface area contributed by atoms with Crippen LogP contribution in [0.3, 0.4) is 0 Å². The Balaban J connectivity index is 2.28. The van der Waals surface area contributed by atoms with E-state index in [1.54, 1.807) is 18.2 Å². The summed E-state index contributed by atoms with van der Waals surface area (Å²) in [6, 6.07) is 8.81. The van der Waals surface area contributed by atoms with Gasteiger partial charge in [-0.15, -0.1) is 0 Å². The molecule has 0 aliphatic heterocycles. The Morgan fingerprint density at radius 3 is 2.78 bits per heavy atom. The molecule has 18 heavy (non-hydrogen) atoms. The van der Waals surface area contributed by atoms with E-state index in [0.717, 1.165) is 5.56 Å². The monoisotopic (exact) mass is 261 g/mol. The number of pyridine rings is 1. The van der Waals surface area contributed by atoms with Gasteiger partial charge in [0, 0.05) is 12.3 Å². The summed E-state index contributed by atoms with van der Waals surface area (Å²) in [6.07, 6.45) is 1.54. The highest BCUT2D eigenvalue weighted by Gasteiger charge is 2.05. The molecule has 0 fully saturated rings. The second kappa shape index (κ2) is 5.06. The molecule has 0 spiro atoms. The number of nitrogen functional groups attached to an aromatic ring is 1. The predicted molar refractivity (Wildman–Crippen MR) is 71.5 cm³/mol. The summed E-state index contributed by atoms with van der Waals surface area (Å²) in [4.78, 5) is 3.95. The molecule has 1 heterocycles. The van der Waals surface area contributed by atoms with Gasteiger partial charge < -0.3 is 10.5 Å². The van der Waals surface area contributed by atoms with Gasteiger partial charge in [-0.1, -0.05) is 17.7 Å². The topological polar surface area (TPSA) is 72.0 Å². The zero-order valence-electron chi connectivity index (χ0n) is 9.77. The lowest BCUT2D eigenvalue weighted by Crippen LogP contribution is -2.12. The van der Waals surface area contributed by atoms with Crippen LogP contribution in [0.1, 0.15) is 11.3 Å². The van der Waals surface area contributed by atoms with E-state index in [1.807, 2.05) is 19.1 Å². The van der Waals surface area contributed by atoms with Crippen molar-refractivity contribution in [3.8, 4) is 11.5 Å². The number of nitrogens with one attached hydrogen (secondary N) is 1. The Kier molecular flexibility index (Phi) is 3.48. The highest BCUT2D eigenvalue weighted by molar-refractivity contribution is 6.32. The molecule has 0 aliphatic carbocycles. The van der Waals surface area contributed by atoms with E-state index < -0.39 is 0 Å². The minimum absolute atomic E-state index is 0.101. The lowest BCUT2D eigenvalue weighted by atomic mass is 10.2. The number of hydrogen-bond donors (Lipinski definition) is 2. The van der Waals surface area contributed by atoms with Crippen LogP contribution in [0, 0.1) is 12.3 Å². The molecule has 0 saturated heterocycles. The maximum absolute atomic E-state index is 7.32. The molecule has 0 radical (unpaired) electrons. The van der Waals surface area contributed by atoms with E-state index in [4.69, 9.17) is 27.5 Å². The van der Waals surface area contributed by atoms with Crippen molar-refractivity contribution in [2.75, 3.05) is 0 Å². The molecule has 2 rings (SSSR count). The number of aromatic nitrogens is 1. The highest BCUT2D eigenvalue weighted by Crippen LogP contribution is 2.29. The summed E-state index contributed by atoms with van der Waals surface area (Å²) in [5, 5.41) is 7.85. The van der Waals surface area contributed by atoms with Gasteiger partial charge in [0.1, 0.15) is 23.0 Å². The lowest BCUT2D eigenvalue weighted by Gasteiger charge is -2.08. The zero-order chi connectivity index (χ0) is 13.1. The van der Waals surface area contributed by atoms with Crippen molar-refractivity contribution in [3.63, 3.8) is 0 Å². The van der Waals surface area contributed by atoms with Crippen molar-refractivity contribution in [2.24, 2.45) is 5.73 Å². The molecule has 4 nitrogen and oxygen atoms in total. The van der Waals surface area contributed by atoms with Gasteiger partial charge in [-0.3, -0.25) is 10.4 Å². The van der Waals surface area contributed by atoms with Gasteiger partial charge in [0.2, 0.25) is 0 Å². The Hall–Kier alpha value is -2.07. The summed E-state index contributed by atoms with van der Waals surface area (Å²) in [6.45, 7) is 1.95. The molecule has 3 N–H and O–H groups in total. The molecule has 0 aliphatic rings. The van der Waals surface area contributed by atoms with Gasteiger partial charge in [-0.25, -0.2) is 0 Å². The van der Waals surface area contributed by atoms with Crippen LogP contribution in [0.25, 0.3) is 0 Å². The van der Waals surface area contributed by atoms with Gasteiger partial charge >= 0.3 is 0 Å². The second-order valence-electron chi connectivity index (χ2n) is 3.83. The maximum atomic E-state index is 7.32. The number of amidine groups is 1.